The van der Waals surface area contributed by atoms with E-state index in [0.717, 1.165) is 16.3 Å². The summed E-state index contributed by atoms with van der Waals surface area (Å²) in [4.78, 5) is 27.1. The number of amides is 3. The van der Waals surface area contributed by atoms with Crippen molar-refractivity contribution in [1.82, 2.24) is 15.1 Å². The van der Waals surface area contributed by atoms with Gasteiger partial charge in [0.15, 0.2) is 0 Å². The SMILES string of the molecule is CN1CC(C(=O)NCc2cccc3ccccc23)N(C)C1=O. The quantitative estimate of drug-likeness (QED) is 0.939. The van der Waals surface area contributed by atoms with Gasteiger partial charge in [-0.25, -0.2) is 4.79 Å². The van der Waals surface area contributed by atoms with Crippen LogP contribution >= 0.6 is 0 Å². The number of hydrogen-bond acceptors (Lipinski definition) is 2. The Kier molecular flexibility index (Phi) is 3.71. The molecule has 3 rings (SSSR count). The zero-order valence-electron chi connectivity index (χ0n) is 12.7. The lowest BCUT2D eigenvalue weighted by Gasteiger charge is -2.17. The predicted octanol–water partition coefficient (Wildman–Crippen LogP) is 1.82. The van der Waals surface area contributed by atoms with E-state index in [-0.39, 0.29) is 11.9 Å². The summed E-state index contributed by atoms with van der Waals surface area (Å²) in [6, 6.07) is 13.6. The summed E-state index contributed by atoms with van der Waals surface area (Å²) in [5.74, 6) is -0.117. The Morgan fingerprint density at radius 3 is 2.64 bits per heavy atom. The van der Waals surface area contributed by atoms with Gasteiger partial charge in [-0.15, -0.1) is 0 Å². The van der Waals surface area contributed by atoms with Crippen LogP contribution in [0.1, 0.15) is 5.56 Å². The summed E-state index contributed by atoms with van der Waals surface area (Å²) < 4.78 is 0. The van der Waals surface area contributed by atoms with E-state index < -0.39 is 6.04 Å². The molecule has 1 unspecified atom stereocenters. The summed E-state index contributed by atoms with van der Waals surface area (Å²) in [6.07, 6.45) is 0. The Balaban J connectivity index is 1.72. The number of urea groups is 1. The predicted molar refractivity (Wildman–Crippen MR) is 85.4 cm³/mol. The largest absolute Gasteiger partial charge is 0.350 e. The minimum Gasteiger partial charge on any atom is -0.350 e. The third-order valence-electron chi connectivity index (χ3n) is 4.18. The molecule has 114 valence electrons. The topological polar surface area (TPSA) is 52.7 Å². The van der Waals surface area contributed by atoms with E-state index in [1.807, 2.05) is 24.3 Å². The van der Waals surface area contributed by atoms with Crippen LogP contribution < -0.4 is 5.32 Å². The summed E-state index contributed by atoms with van der Waals surface area (Å²) in [5.41, 5.74) is 1.08. The van der Waals surface area contributed by atoms with Crippen LogP contribution in [0.2, 0.25) is 0 Å². The molecular weight excluding hydrogens is 278 g/mol. The molecule has 1 aliphatic heterocycles. The molecule has 0 aliphatic carbocycles. The van der Waals surface area contributed by atoms with Crippen LogP contribution in [0.4, 0.5) is 4.79 Å². The third kappa shape index (κ3) is 2.50. The molecule has 3 amide bonds. The molecule has 22 heavy (non-hydrogen) atoms. The van der Waals surface area contributed by atoms with Gasteiger partial charge in [-0.2, -0.15) is 0 Å². The Bertz CT molecular complexity index is 723. The van der Waals surface area contributed by atoms with Crippen molar-refractivity contribution in [1.29, 1.82) is 0 Å². The number of fused-ring (bicyclic) bond motifs is 1. The minimum atomic E-state index is -0.424. The lowest BCUT2D eigenvalue weighted by Crippen LogP contribution is -2.43. The van der Waals surface area contributed by atoms with E-state index >= 15 is 0 Å². The summed E-state index contributed by atoms with van der Waals surface area (Å²) >= 11 is 0. The van der Waals surface area contributed by atoms with Crippen LogP contribution in [0.3, 0.4) is 0 Å². The zero-order valence-corrected chi connectivity index (χ0v) is 12.7. The maximum atomic E-state index is 12.3. The zero-order chi connectivity index (χ0) is 15.7. The fraction of sp³-hybridized carbons (Fsp3) is 0.294. The van der Waals surface area contributed by atoms with Gasteiger partial charge in [0, 0.05) is 20.6 Å². The Hall–Kier alpha value is -2.56. The van der Waals surface area contributed by atoms with E-state index in [0.29, 0.717) is 13.1 Å². The molecule has 1 aliphatic rings. The van der Waals surface area contributed by atoms with Gasteiger partial charge in [0.05, 0.1) is 6.54 Å². The monoisotopic (exact) mass is 297 g/mol. The summed E-state index contributed by atoms with van der Waals surface area (Å²) in [7, 11) is 3.37. The van der Waals surface area contributed by atoms with Crippen LogP contribution in [0.15, 0.2) is 42.5 Å². The number of benzene rings is 2. The summed E-state index contributed by atoms with van der Waals surface area (Å²) in [5, 5.41) is 5.24. The van der Waals surface area contributed by atoms with Crippen LogP contribution in [-0.2, 0) is 11.3 Å². The molecule has 5 heteroatoms. The van der Waals surface area contributed by atoms with Crippen molar-refractivity contribution in [3.8, 4) is 0 Å². The second-order valence-corrected chi connectivity index (χ2v) is 5.65. The van der Waals surface area contributed by atoms with Gasteiger partial charge in [0.25, 0.3) is 0 Å². The lowest BCUT2D eigenvalue weighted by atomic mass is 10.0. The first-order valence-electron chi connectivity index (χ1n) is 7.30. The first kappa shape index (κ1) is 14.4. The molecule has 0 radical (unpaired) electrons. The van der Waals surface area contributed by atoms with Gasteiger partial charge >= 0.3 is 6.03 Å². The average molecular weight is 297 g/mol. The highest BCUT2D eigenvalue weighted by Gasteiger charge is 2.36. The minimum absolute atomic E-state index is 0.117. The second-order valence-electron chi connectivity index (χ2n) is 5.65. The highest BCUT2D eigenvalue weighted by Crippen LogP contribution is 2.18. The number of rotatable bonds is 3. The Labute approximate surface area is 129 Å². The van der Waals surface area contributed by atoms with Gasteiger partial charge < -0.3 is 15.1 Å². The van der Waals surface area contributed by atoms with E-state index in [1.54, 1.807) is 19.0 Å². The highest BCUT2D eigenvalue weighted by molar-refractivity contribution is 5.91. The Morgan fingerprint density at radius 2 is 1.91 bits per heavy atom. The van der Waals surface area contributed by atoms with Gasteiger partial charge in [-0.3, -0.25) is 4.79 Å². The maximum absolute atomic E-state index is 12.3. The Morgan fingerprint density at radius 1 is 1.18 bits per heavy atom. The molecule has 2 aromatic carbocycles. The van der Waals surface area contributed by atoms with Crippen molar-refractivity contribution < 1.29 is 9.59 Å². The van der Waals surface area contributed by atoms with Crippen LogP contribution in [0.5, 0.6) is 0 Å². The number of hydrogen-bond donors (Lipinski definition) is 1. The van der Waals surface area contributed by atoms with E-state index in [2.05, 4.69) is 23.5 Å². The van der Waals surface area contributed by atoms with Gasteiger partial charge in [-0.1, -0.05) is 42.5 Å². The molecule has 5 nitrogen and oxygen atoms in total. The van der Waals surface area contributed by atoms with E-state index in [9.17, 15) is 9.59 Å². The molecule has 1 heterocycles. The van der Waals surface area contributed by atoms with Crippen LogP contribution in [-0.4, -0.2) is 48.4 Å². The molecule has 0 aromatic heterocycles. The molecule has 1 fully saturated rings. The molecule has 1 N–H and O–H groups in total. The molecule has 0 spiro atoms. The molecular formula is C17H19N3O2. The highest BCUT2D eigenvalue weighted by atomic mass is 16.2. The first-order valence-corrected chi connectivity index (χ1v) is 7.30. The fourth-order valence-electron chi connectivity index (χ4n) is 2.87. The average Bonchev–Trinajstić information content (AvgIpc) is 2.80. The van der Waals surface area contributed by atoms with E-state index in [4.69, 9.17) is 0 Å². The fourth-order valence-corrected chi connectivity index (χ4v) is 2.87. The van der Waals surface area contributed by atoms with Crippen molar-refractivity contribution in [3.05, 3.63) is 48.0 Å². The maximum Gasteiger partial charge on any atom is 0.320 e. The molecule has 2 aromatic rings. The van der Waals surface area contributed by atoms with Crippen LogP contribution in [0, 0.1) is 0 Å². The smallest absolute Gasteiger partial charge is 0.320 e. The first-order chi connectivity index (χ1) is 10.6. The van der Waals surface area contributed by atoms with Crippen molar-refractivity contribution in [3.63, 3.8) is 0 Å². The lowest BCUT2D eigenvalue weighted by molar-refractivity contribution is -0.124. The van der Waals surface area contributed by atoms with Crippen molar-refractivity contribution in [2.75, 3.05) is 20.6 Å². The van der Waals surface area contributed by atoms with E-state index in [1.165, 1.54) is 4.90 Å². The molecule has 0 saturated carbocycles. The number of carbonyl (C=O) groups excluding carboxylic acids is 2. The number of likely N-dealkylation sites (N-methyl/N-ethyl adjacent to an activating group) is 2. The van der Waals surface area contributed by atoms with Crippen molar-refractivity contribution in [2.45, 2.75) is 12.6 Å². The molecule has 1 saturated heterocycles. The number of nitrogens with one attached hydrogen (secondary N) is 1. The number of carbonyl (C=O) groups is 2. The normalized spacial score (nSPS) is 18.1. The number of nitrogens with zero attached hydrogens (tertiary/aromatic N) is 2. The van der Waals surface area contributed by atoms with Gasteiger partial charge in [0.1, 0.15) is 6.04 Å². The van der Waals surface area contributed by atoms with Gasteiger partial charge in [0.2, 0.25) is 5.91 Å². The van der Waals surface area contributed by atoms with Crippen LogP contribution in [0.25, 0.3) is 10.8 Å². The standard InChI is InChI=1S/C17H19N3O2/c1-19-11-15(20(2)17(19)22)16(21)18-10-13-8-5-7-12-6-3-4-9-14(12)13/h3-9,15H,10-11H2,1-2H3,(H,18,21). The molecule has 1 atom stereocenters. The van der Waals surface area contributed by atoms with Crippen molar-refractivity contribution in [2.24, 2.45) is 0 Å². The van der Waals surface area contributed by atoms with Crippen molar-refractivity contribution >= 4 is 22.7 Å². The summed E-state index contributed by atoms with van der Waals surface area (Å²) in [6.45, 7) is 0.888. The second kappa shape index (κ2) is 5.67. The molecule has 0 bridgehead atoms. The third-order valence-corrected chi connectivity index (χ3v) is 4.18. The van der Waals surface area contributed by atoms with Gasteiger partial charge in [-0.05, 0) is 16.3 Å².